The molecule has 7 heteroatoms. The van der Waals surface area contributed by atoms with Gasteiger partial charge in [0.2, 0.25) is 10.0 Å². The van der Waals surface area contributed by atoms with Gasteiger partial charge in [0.05, 0.1) is 4.90 Å². The number of sulfonamides is 1. The number of hydrogen-bond acceptors (Lipinski definition) is 4. The van der Waals surface area contributed by atoms with Gasteiger partial charge in [-0.15, -0.1) is 0 Å². The zero-order valence-electron chi connectivity index (χ0n) is 18.0. The molecule has 0 unspecified atom stereocenters. The maximum absolute atomic E-state index is 13.3. The van der Waals surface area contributed by atoms with Crippen LogP contribution in [0.5, 0.6) is 0 Å². The molecule has 0 radical (unpaired) electrons. The van der Waals surface area contributed by atoms with Crippen molar-refractivity contribution >= 4 is 21.2 Å². The molecule has 2 aromatic heterocycles. The van der Waals surface area contributed by atoms with Gasteiger partial charge in [-0.05, 0) is 48.9 Å². The molecular weight excluding hydrogens is 396 g/mol. The van der Waals surface area contributed by atoms with Gasteiger partial charge >= 0.3 is 0 Å². The van der Waals surface area contributed by atoms with Crippen LogP contribution in [0.25, 0.3) is 11.2 Å². The Balaban J connectivity index is 1.60. The third-order valence-corrected chi connectivity index (χ3v) is 7.87. The van der Waals surface area contributed by atoms with Crippen LogP contribution in [0, 0.1) is 5.92 Å². The zero-order chi connectivity index (χ0) is 21.3. The Hall–Kier alpha value is -2.25. The fourth-order valence-corrected chi connectivity index (χ4v) is 6.16. The Morgan fingerprint density at radius 1 is 1.10 bits per heavy atom. The molecule has 3 aromatic rings. The van der Waals surface area contributed by atoms with Gasteiger partial charge in [-0.1, -0.05) is 39.0 Å². The first kappa shape index (κ1) is 21.0. The lowest BCUT2D eigenvalue weighted by atomic mass is 10.1. The van der Waals surface area contributed by atoms with Crippen LogP contribution in [0.1, 0.15) is 51.0 Å². The van der Waals surface area contributed by atoms with E-state index in [2.05, 4.69) is 23.4 Å². The number of hydrogen-bond donors (Lipinski definition) is 0. The van der Waals surface area contributed by atoms with Crippen molar-refractivity contribution in [2.24, 2.45) is 5.92 Å². The van der Waals surface area contributed by atoms with Gasteiger partial charge in [0.25, 0.3) is 0 Å². The first-order chi connectivity index (χ1) is 14.4. The van der Waals surface area contributed by atoms with E-state index in [9.17, 15) is 8.42 Å². The van der Waals surface area contributed by atoms with Crippen LogP contribution in [0.3, 0.4) is 0 Å². The smallest absolute Gasteiger partial charge is 0.243 e. The lowest BCUT2D eigenvalue weighted by molar-refractivity contribution is 0.272. The fourth-order valence-electron chi connectivity index (χ4n) is 4.40. The third kappa shape index (κ3) is 3.88. The van der Waals surface area contributed by atoms with E-state index in [1.807, 2.05) is 31.2 Å². The second-order valence-electron chi connectivity index (χ2n) is 8.44. The van der Waals surface area contributed by atoms with Gasteiger partial charge in [0.15, 0.2) is 5.65 Å². The summed E-state index contributed by atoms with van der Waals surface area (Å²) in [6.07, 6.45) is 4.93. The van der Waals surface area contributed by atoms with Crippen molar-refractivity contribution in [3.63, 3.8) is 0 Å². The average molecular weight is 427 g/mol. The largest absolute Gasteiger partial charge is 0.309 e. The van der Waals surface area contributed by atoms with Crippen LogP contribution in [0.2, 0.25) is 0 Å². The van der Waals surface area contributed by atoms with Crippen molar-refractivity contribution in [2.75, 3.05) is 13.1 Å². The Morgan fingerprint density at radius 2 is 1.83 bits per heavy atom. The molecule has 0 aliphatic carbocycles. The van der Waals surface area contributed by atoms with Crippen molar-refractivity contribution in [3.8, 4) is 0 Å². The molecule has 0 bridgehead atoms. The van der Waals surface area contributed by atoms with Crippen molar-refractivity contribution in [2.45, 2.75) is 57.4 Å². The van der Waals surface area contributed by atoms with Gasteiger partial charge in [-0.25, -0.2) is 18.4 Å². The Labute approximate surface area is 179 Å². The number of fused-ring (bicyclic) bond motifs is 1. The minimum atomic E-state index is -3.48. The second kappa shape index (κ2) is 8.47. The lowest BCUT2D eigenvalue weighted by Crippen LogP contribution is -2.39. The summed E-state index contributed by atoms with van der Waals surface area (Å²) in [5.74, 6) is 1.54. The summed E-state index contributed by atoms with van der Waals surface area (Å²) in [7, 11) is -3.48. The van der Waals surface area contributed by atoms with E-state index in [1.54, 1.807) is 22.6 Å². The SMILES string of the molecule is CCc1ccccc1S(=O)(=O)N1CCC(n2c(CC(C)C)nc3cccnc32)CC1. The van der Waals surface area contributed by atoms with Crippen LogP contribution in [-0.4, -0.2) is 40.3 Å². The number of aryl methyl sites for hydroxylation is 1. The molecule has 1 saturated heterocycles. The highest BCUT2D eigenvalue weighted by molar-refractivity contribution is 7.89. The molecular formula is C23H30N4O2S. The molecule has 1 aliphatic heterocycles. The number of pyridine rings is 1. The molecule has 0 spiro atoms. The molecule has 0 amide bonds. The van der Waals surface area contributed by atoms with E-state index in [-0.39, 0.29) is 6.04 Å². The van der Waals surface area contributed by atoms with Crippen LogP contribution < -0.4 is 0 Å². The molecule has 1 fully saturated rings. The molecule has 1 aromatic carbocycles. The minimum Gasteiger partial charge on any atom is -0.309 e. The van der Waals surface area contributed by atoms with E-state index >= 15 is 0 Å². The lowest BCUT2D eigenvalue weighted by Gasteiger charge is -2.33. The summed E-state index contributed by atoms with van der Waals surface area (Å²) in [5, 5.41) is 0. The zero-order valence-corrected chi connectivity index (χ0v) is 18.8. The molecule has 0 atom stereocenters. The summed E-state index contributed by atoms with van der Waals surface area (Å²) in [5.41, 5.74) is 2.70. The summed E-state index contributed by atoms with van der Waals surface area (Å²) < 4.78 is 30.5. The predicted octanol–water partition coefficient (Wildman–Crippen LogP) is 4.22. The topological polar surface area (TPSA) is 68.1 Å². The van der Waals surface area contributed by atoms with Gasteiger partial charge < -0.3 is 4.57 Å². The maximum Gasteiger partial charge on any atom is 0.243 e. The number of aromatic nitrogens is 3. The van der Waals surface area contributed by atoms with Gasteiger partial charge in [0.1, 0.15) is 11.3 Å². The molecule has 30 heavy (non-hydrogen) atoms. The highest BCUT2D eigenvalue weighted by Crippen LogP contribution is 2.32. The average Bonchev–Trinajstić information content (AvgIpc) is 3.10. The summed E-state index contributed by atoms with van der Waals surface area (Å²) in [4.78, 5) is 9.87. The number of nitrogens with zero attached hydrogens (tertiary/aromatic N) is 4. The van der Waals surface area contributed by atoms with Crippen molar-refractivity contribution < 1.29 is 8.42 Å². The van der Waals surface area contributed by atoms with Crippen molar-refractivity contribution in [1.82, 2.24) is 18.8 Å². The monoisotopic (exact) mass is 426 g/mol. The van der Waals surface area contributed by atoms with Crippen molar-refractivity contribution in [1.29, 1.82) is 0 Å². The Morgan fingerprint density at radius 3 is 2.53 bits per heavy atom. The first-order valence-corrected chi connectivity index (χ1v) is 12.3. The molecule has 4 rings (SSSR count). The number of piperidine rings is 1. The van der Waals surface area contributed by atoms with E-state index < -0.39 is 10.0 Å². The Kier molecular flexibility index (Phi) is 5.93. The highest BCUT2D eigenvalue weighted by Gasteiger charge is 2.32. The van der Waals surface area contributed by atoms with Gasteiger partial charge in [-0.3, -0.25) is 0 Å². The van der Waals surface area contributed by atoms with Crippen molar-refractivity contribution in [3.05, 3.63) is 54.0 Å². The highest BCUT2D eigenvalue weighted by atomic mass is 32.2. The van der Waals surface area contributed by atoms with E-state index in [1.165, 1.54) is 0 Å². The summed E-state index contributed by atoms with van der Waals surface area (Å²) in [6.45, 7) is 7.40. The van der Waals surface area contributed by atoms with E-state index in [4.69, 9.17) is 4.98 Å². The number of rotatable bonds is 6. The molecule has 6 nitrogen and oxygen atoms in total. The summed E-state index contributed by atoms with van der Waals surface area (Å²) >= 11 is 0. The van der Waals surface area contributed by atoms with Crippen LogP contribution >= 0.6 is 0 Å². The number of benzene rings is 1. The van der Waals surface area contributed by atoms with Crippen LogP contribution in [-0.2, 0) is 22.9 Å². The quantitative estimate of drug-likeness (QED) is 0.592. The van der Waals surface area contributed by atoms with E-state index in [0.717, 1.165) is 41.8 Å². The standard InChI is InChI=1S/C23H30N4O2S/c1-4-18-8-5-6-10-21(18)30(28,29)26-14-11-19(12-15-26)27-22(16-17(2)3)25-20-9-7-13-24-23(20)27/h5-10,13,17,19H,4,11-12,14-16H2,1-3H3. The number of imidazole rings is 1. The normalized spacial score (nSPS) is 16.5. The van der Waals surface area contributed by atoms with Crippen LogP contribution in [0.15, 0.2) is 47.5 Å². The molecule has 0 saturated carbocycles. The predicted molar refractivity (Wildman–Crippen MR) is 119 cm³/mol. The molecule has 1 aliphatic rings. The third-order valence-electron chi connectivity index (χ3n) is 5.87. The Bertz CT molecular complexity index is 1130. The van der Waals surface area contributed by atoms with Gasteiger partial charge in [-0.2, -0.15) is 4.31 Å². The maximum atomic E-state index is 13.3. The molecule has 160 valence electrons. The molecule has 0 N–H and O–H groups in total. The minimum absolute atomic E-state index is 0.214. The van der Waals surface area contributed by atoms with E-state index in [0.29, 0.717) is 30.3 Å². The first-order valence-electron chi connectivity index (χ1n) is 10.8. The summed E-state index contributed by atoms with van der Waals surface area (Å²) in [6, 6.07) is 11.5. The second-order valence-corrected chi connectivity index (χ2v) is 10.3. The van der Waals surface area contributed by atoms with Crippen LogP contribution in [0.4, 0.5) is 0 Å². The fraction of sp³-hybridized carbons (Fsp3) is 0.478. The van der Waals surface area contributed by atoms with Gasteiger partial charge in [0, 0.05) is 31.7 Å². The molecule has 3 heterocycles.